The van der Waals surface area contributed by atoms with E-state index in [4.69, 9.17) is 0 Å². The minimum Gasteiger partial charge on any atom is -0.507 e. The van der Waals surface area contributed by atoms with Crippen LogP contribution in [0.25, 0.3) is 0 Å². The minimum absolute atomic E-state index is 0.225. The van der Waals surface area contributed by atoms with Crippen LogP contribution in [0.5, 0.6) is 5.75 Å². The number of benzene rings is 2. The van der Waals surface area contributed by atoms with Crippen molar-refractivity contribution in [2.24, 2.45) is 0 Å². The molecule has 2 aromatic rings. The van der Waals surface area contributed by atoms with E-state index in [1.54, 1.807) is 13.1 Å². The molecule has 0 bridgehead atoms. The molecule has 0 heterocycles. The van der Waals surface area contributed by atoms with E-state index in [0.29, 0.717) is 11.0 Å². The van der Waals surface area contributed by atoms with Gasteiger partial charge in [-0.25, -0.2) is 4.79 Å². The average Bonchev–Trinajstić information content (AvgIpc) is 2.50. The Labute approximate surface area is 131 Å². The van der Waals surface area contributed by atoms with Crippen molar-refractivity contribution in [3.05, 3.63) is 52.5 Å². The Hall–Kier alpha value is -2.21. The van der Waals surface area contributed by atoms with Gasteiger partial charge in [0.2, 0.25) is 0 Å². The molecule has 2 aromatic carbocycles. The maximum atomic E-state index is 11.2. The lowest BCUT2D eigenvalue weighted by Gasteiger charge is -2.09. The highest BCUT2D eigenvalue weighted by molar-refractivity contribution is 9.10. The molecule has 0 unspecified atom stereocenters. The predicted octanol–water partition coefficient (Wildman–Crippen LogP) is 3.52. The van der Waals surface area contributed by atoms with Gasteiger partial charge in [-0.3, -0.25) is 0 Å². The van der Waals surface area contributed by atoms with Gasteiger partial charge in [0.15, 0.2) is 0 Å². The van der Waals surface area contributed by atoms with Crippen molar-refractivity contribution in [2.45, 2.75) is 6.54 Å². The summed E-state index contributed by atoms with van der Waals surface area (Å²) in [6.45, 7) is 0.640. The van der Waals surface area contributed by atoms with Crippen LogP contribution in [0.2, 0.25) is 0 Å². The molecule has 0 saturated carbocycles. The predicted molar refractivity (Wildman–Crippen MR) is 87.7 cm³/mol. The highest BCUT2D eigenvalue weighted by Crippen LogP contribution is 2.24. The monoisotopic (exact) mass is 349 g/mol. The SMILES string of the molecule is CNC(=O)Nc1ccc(NCc2ccc(O)c(Br)c2)cc1. The molecule has 21 heavy (non-hydrogen) atoms. The minimum atomic E-state index is -0.246. The highest BCUT2D eigenvalue weighted by Gasteiger charge is 2.01. The molecule has 2 amide bonds. The van der Waals surface area contributed by atoms with Crippen molar-refractivity contribution >= 4 is 33.3 Å². The van der Waals surface area contributed by atoms with Crippen LogP contribution < -0.4 is 16.0 Å². The lowest BCUT2D eigenvalue weighted by molar-refractivity contribution is 0.254. The molecule has 0 atom stereocenters. The van der Waals surface area contributed by atoms with E-state index in [9.17, 15) is 9.90 Å². The number of amides is 2. The van der Waals surface area contributed by atoms with Gasteiger partial charge >= 0.3 is 6.03 Å². The molecule has 0 aliphatic heterocycles. The standard InChI is InChI=1S/C15H16BrN3O2/c1-17-15(21)19-12-5-3-11(4-6-12)18-9-10-2-7-14(20)13(16)8-10/h2-8,18,20H,9H2,1H3,(H2,17,19,21). The summed E-state index contributed by atoms with van der Waals surface area (Å²) in [5.74, 6) is 0.225. The summed E-state index contributed by atoms with van der Waals surface area (Å²) in [7, 11) is 1.57. The Bertz CT molecular complexity index is 629. The third kappa shape index (κ3) is 4.39. The molecule has 6 heteroatoms. The number of nitrogens with one attached hydrogen (secondary N) is 3. The van der Waals surface area contributed by atoms with Crippen molar-refractivity contribution in [3.63, 3.8) is 0 Å². The first-order valence-corrected chi connectivity index (χ1v) is 7.18. The number of aromatic hydroxyl groups is 1. The summed E-state index contributed by atoms with van der Waals surface area (Å²) in [5, 5.41) is 17.9. The second kappa shape index (κ2) is 6.99. The van der Waals surface area contributed by atoms with Gasteiger partial charge in [0.25, 0.3) is 0 Å². The number of carbonyl (C=O) groups excluding carboxylic acids is 1. The highest BCUT2D eigenvalue weighted by atomic mass is 79.9. The Morgan fingerprint density at radius 2 is 1.81 bits per heavy atom. The number of anilines is 2. The van der Waals surface area contributed by atoms with Crippen molar-refractivity contribution < 1.29 is 9.90 Å². The van der Waals surface area contributed by atoms with E-state index < -0.39 is 0 Å². The number of halogens is 1. The Morgan fingerprint density at radius 1 is 1.14 bits per heavy atom. The molecular formula is C15H16BrN3O2. The van der Waals surface area contributed by atoms with Gasteiger partial charge in [-0.2, -0.15) is 0 Å². The van der Waals surface area contributed by atoms with E-state index in [1.165, 1.54) is 0 Å². The van der Waals surface area contributed by atoms with Gasteiger partial charge in [0, 0.05) is 25.0 Å². The molecule has 0 aromatic heterocycles. The number of carbonyl (C=O) groups is 1. The first-order chi connectivity index (χ1) is 10.1. The number of hydrogen-bond donors (Lipinski definition) is 4. The number of phenolic OH excluding ortho intramolecular Hbond substituents is 1. The third-order valence-corrected chi connectivity index (χ3v) is 3.51. The maximum absolute atomic E-state index is 11.2. The van der Waals surface area contributed by atoms with Crippen molar-refractivity contribution in [1.29, 1.82) is 0 Å². The van der Waals surface area contributed by atoms with Gasteiger partial charge in [-0.15, -0.1) is 0 Å². The number of hydrogen-bond acceptors (Lipinski definition) is 3. The van der Waals surface area contributed by atoms with Crippen molar-refractivity contribution in [2.75, 3.05) is 17.7 Å². The summed E-state index contributed by atoms with van der Waals surface area (Å²) in [5.41, 5.74) is 2.72. The van der Waals surface area contributed by atoms with Crippen LogP contribution in [-0.4, -0.2) is 18.2 Å². The summed E-state index contributed by atoms with van der Waals surface area (Å²) in [6, 6.07) is 12.6. The van der Waals surface area contributed by atoms with E-state index >= 15 is 0 Å². The normalized spacial score (nSPS) is 10.0. The van der Waals surface area contributed by atoms with E-state index in [0.717, 1.165) is 16.9 Å². The Morgan fingerprint density at radius 3 is 2.43 bits per heavy atom. The largest absolute Gasteiger partial charge is 0.507 e. The Balaban J connectivity index is 1.94. The second-order valence-corrected chi connectivity index (χ2v) is 5.28. The molecule has 4 N–H and O–H groups in total. The zero-order valence-corrected chi connectivity index (χ0v) is 13.1. The van der Waals surface area contributed by atoms with Gasteiger partial charge in [-0.1, -0.05) is 6.07 Å². The van der Waals surface area contributed by atoms with E-state index in [-0.39, 0.29) is 11.8 Å². The van der Waals surface area contributed by atoms with Crippen LogP contribution in [0.1, 0.15) is 5.56 Å². The summed E-state index contributed by atoms with van der Waals surface area (Å²) in [4.78, 5) is 11.2. The maximum Gasteiger partial charge on any atom is 0.318 e. The Kier molecular flexibility index (Phi) is 5.05. The molecule has 110 valence electrons. The topological polar surface area (TPSA) is 73.4 Å². The molecule has 0 aliphatic carbocycles. The van der Waals surface area contributed by atoms with Crippen molar-refractivity contribution in [3.8, 4) is 5.75 Å². The summed E-state index contributed by atoms with van der Waals surface area (Å²) in [6.07, 6.45) is 0. The zero-order chi connectivity index (χ0) is 15.2. The molecule has 0 saturated heterocycles. The van der Waals surface area contributed by atoms with E-state index in [1.807, 2.05) is 36.4 Å². The number of rotatable bonds is 4. The lowest BCUT2D eigenvalue weighted by atomic mass is 10.2. The summed E-state index contributed by atoms with van der Waals surface area (Å²) >= 11 is 3.29. The average molecular weight is 350 g/mol. The van der Waals surface area contributed by atoms with Gasteiger partial charge < -0.3 is 21.1 Å². The lowest BCUT2D eigenvalue weighted by Crippen LogP contribution is -2.24. The molecule has 2 rings (SSSR count). The fourth-order valence-electron chi connectivity index (χ4n) is 1.73. The second-order valence-electron chi connectivity index (χ2n) is 4.42. The number of urea groups is 1. The molecule has 0 fully saturated rings. The number of phenols is 1. The quantitative estimate of drug-likeness (QED) is 0.682. The van der Waals surface area contributed by atoms with Crippen molar-refractivity contribution in [1.82, 2.24) is 5.32 Å². The fourth-order valence-corrected chi connectivity index (χ4v) is 2.16. The van der Waals surface area contributed by atoms with Crippen LogP contribution >= 0.6 is 15.9 Å². The van der Waals surface area contributed by atoms with Crippen LogP contribution in [0.4, 0.5) is 16.2 Å². The third-order valence-electron chi connectivity index (χ3n) is 2.88. The van der Waals surface area contributed by atoms with Gasteiger partial charge in [0.05, 0.1) is 4.47 Å². The first-order valence-electron chi connectivity index (χ1n) is 6.38. The molecule has 0 aliphatic rings. The molecular weight excluding hydrogens is 334 g/mol. The molecule has 0 radical (unpaired) electrons. The van der Waals surface area contributed by atoms with Crippen LogP contribution in [0, 0.1) is 0 Å². The molecule has 0 spiro atoms. The van der Waals surface area contributed by atoms with Crippen LogP contribution in [0.15, 0.2) is 46.9 Å². The first kappa shape index (κ1) is 15.2. The zero-order valence-electron chi connectivity index (χ0n) is 11.5. The van der Waals surface area contributed by atoms with Crippen LogP contribution in [-0.2, 0) is 6.54 Å². The smallest absolute Gasteiger partial charge is 0.318 e. The van der Waals surface area contributed by atoms with Gasteiger partial charge in [-0.05, 0) is 57.9 Å². The fraction of sp³-hybridized carbons (Fsp3) is 0.133. The molecule has 5 nitrogen and oxygen atoms in total. The van der Waals surface area contributed by atoms with Crippen LogP contribution in [0.3, 0.4) is 0 Å². The van der Waals surface area contributed by atoms with E-state index in [2.05, 4.69) is 31.9 Å². The van der Waals surface area contributed by atoms with Gasteiger partial charge in [0.1, 0.15) is 5.75 Å². The summed E-state index contributed by atoms with van der Waals surface area (Å²) < 4.78 is 0.673.